The van der Waals surface area contributed by atoms with E-state index < -0.39 is 10.2 Å². The van der Waals surface area contributed by atoms with Crippen LogP contribution in [0.5, 0.6) is 5.75 Å². The molecule has 0 aliphatic carbocycles. The third kappa shape index (κ3) is 4.34. The highest BCUT2D eigenvalue weighted by Crippen LogP contribution is 2.19. The van der Waals surface area contributed by atoms with Gasteiger partial charge < -0.3 is 9.52 Å². The number of benzene rings is 1. The lowest BCUT2D eigenvalue weighted by molar-refractivity contribution is 0.308. The first-order chi connectivity index (χ1) is 10.8. The molecule has 0 saturated heterocycles. The van der Waals surface area contributed by atoms with E-state index in [2.05, 4.69) is 0 Å². The first-order valence-corrected chi connectivity index (χ1v) is 8.74. The van der Waals surface area contributed by atoms with Crippen molar-refractivity contribution in [3.63, 3.8) is 0 Å². The van der Waals surface area contributed by atoms with E-state index >= 15 is 0 Å². The summed E-state index contributed by atoms with van der Waals surface area (Å²) in [7, 11) is -2.08. The number of phenolic OH excluding ortho intramolecular Hbond substituents is 1. The highest BCUT2D eigenvalue weighted by molar-refractivity contribution is 7.86. The molecule has 0 fully saturated rings. The standard InChI is InChI=1S/C16H22N2O4S/c1-13(2)17(3)23(20,21)18(12-16-5-4-10-22-16)11-14-6-8-15(19)9-7-14/h4-10,13,19H,11-12H2,1-3H3. The molecule has 0 spiro atoms. The quantitative estimate of drug-likeness (QED) is 0.842. The molecule has 2 rings (SSSR count). The Labute approximate surface area is 137 Å². The molecule has 0 aliphatic rings. The SMILES string of the molecule is CC(C)N(C)S(=O)(=O)N(Cc1ccc(O)cc1)Cc1ccco1. The minimum atomic E-state index is -3.64. The Morgan fingerprint density at radius 3 is 2.30 bits per heavy atom. The van der Waals surface area contributed by atoms with Gasteiger partial charge in [0, 0.05) is 19.6 Å². The summed E-state index contributed by atoms with van der Waals surface area (Å²) < 4.78 is 33.6. The van der Waals surface area contributed by atoms with Crippen molar-refractivity contribution in [1.82, 2.24) is 8.61 Å². The van der Waals surface area contributed by atoms with Crippen LogP contribution in [-0.2, 0) is 23.3 Å². The number of hydrogen-bond acceptors (Lipinski definition) is 4. The Bertz CT molecular complexity index is 709. The van der Waals surface area contributed by atoms with Gasteiger partial charge in [0.1, 0.15) is 11.5 Å². The van der Waals surface area contributed by atoms with Gasteiger partial charge in [0.05, 0.1) is 12.8 Å². The molecule has 0 aliphatic heterocycles. The molecule has 1 aromatic heterocycles. The van der Waals surface area contributed by atoms with Gasteiger partial charge in [0.15, 0.2) is 0 Å². The number of furan rings is 1. The van der Waals surface area contributed by atoms with Crippen LogP contribution in [0.3, 0.4) is 0 Å². The third-order valence-corrected chi connectivity index (χ3v) is 5.69. The Morgan fingerprint density at radius 2 is 1.78 bits per heavy atom. The second-order valence-electron chi connectivity index (χ2n) is 5.63. The van der Waals surface area contributed by atoms with E-state index in [0.29, 0.717) is 5.76 Å². The second-order valence-corrected chi connectivity index (χ2v) is 7.62. The van der Waals surface area contributed by atoms with Crippen molar-refractivity contribution in [3.8, 4) is 5.75 Å². The maximum Gasteiger partial charge on any atom is 0.282 e. The van der Waals surface area contributed by atoms with Gasteiger partial charge >= 0.3 is 0 Å². The molecule has 1 heterocycles. The predicted octanol–water partition coefficient (Wildman–Crippen LogP) is 2.57. The average molecular weight is 338 g/mol. The molecule has 0 bridgehead atoms. The van der Waals surface area contributed by atoms with E-state index in [4.69, 9.17) is 4.42 Å². The number of phenols is 1. The molecule has 2 aromatic rings. The smallest absolute Gasteiger partial charge is 0.282 e. The lowest BCUT2D eigenvalue weighted by Gasteiger charge is -2.29. The van der Waals surface area contributed by atoms with Gasteiger partial charge in [-0.2, -0.15) is 17.0 Å². The lowest BCUT2D eigenvalue weighted by Crippen LogP contribution is -2.44. The molecular weight excluding hydrogens is 316 g/mol. The molecule has 0 saturated carbocycles. The number of hydrogen-bond donors (Lipinski definition) is 1. The first kappa shape index (κ1) is 17.5. The highest BCUT2D eigenvalue weighted by Gasteiger charge is 2.29. The topological polar surface area (TPSA) is 74.0 Å². The molecule has 23 heavy (non-hydrogen) atoms. The summed E-state index contributed by atoms with van der Waals surface area (Å²) in [6.07, 6.45) is 1.52. The zero-order valence-electron chi connectivity index (χ0n) is 13.5. The molecule has 0 unspecified atom stereocenters. The van der Waals surface area contributed by atoms with Crippen LogP contribution in [-0.4, -0.2) is 35.2 Å². The number of nitrogens with zero attached hydrogens (tertiary/aromatic N) is 2. The molecule has 7 heteroatoms. The number of aromatic hydroxyl groups is 1. The largest absolute Gasteiger partial charge is 0.508 e. The third-order valence-electron chi connectivity index (χ3n) is 3.62. The van der Waals surface area contributed by atoms with Gasteiger partial charge in [0.25, 0.3) is 10.2 Å². The lowest BCUT2D eigenvalue weighted by atomic mass is 10.2. The summed E-state index contributed by atoms with van der Waals surface area (Å²) in [4.78, 5) is 0. The van der Waals surface area contributed by atoms with Crippen LogP contribution >= 0.6 is 0 Å². The van der Waals surface area contributed by atoms with Crippen LogP contribution in [0.2, 0.25) is 0 Å². The Kier molecular flexibility index (Phi) is 5.46. The fourth-order valence-electron chi connectivity index (χ4n) is 2.05. The molecule has 0 radical (unpaired) electrons. The van der Waals surface area contributed by atoms with Gasteiger partial charge in [-0.25, -0.2) is 0 Å². The van der Waals surface area contributed by atoms with Crippen molar-refractivity contribution in [1.29, 1.82) is 0 Å². The normalized spacial score (nSPS) is 12.4. The first-order valence-electron chi connectivity index (χ1n) is 7.34. The van der Waals surface area contributed by atoms with Crippen LogP contribution in [0.1, 0.15) is 25.2 Å². The fourth-order valence-corrected chi connectivity index (χ4v) is 3.55. The molecule has 6 nitrogen and oxygen atoms in total. The zero-order valence-corrected chi connectivity index (χ0v) is 14.3. The van der Waals surface area contributed by atoms with Gasteiger partial charge in [-0.1, -0.05) is 12.1 Å². The van der Waals surface area contributed by atoms with E-state index in [1.165, 1.54) is 14.9 Å². The van der Waals surface area contributed by atoms with E-state index in [1.807, 2.05) is 13.8 Å². The second kappa shape index (κ2) is 7.16. The fraction of sp³-hybridized carbons (Fsp3) is 0.375. The van der Waals surface area contributed by atoms with Gasteiger partial charge in [-0.3, -0.25) is 0 Å². The molecule has 0 atom stereocenters. The zero-order chi connectivity index (χ0) is 17.0. The summed E-state index contributed by atoms with van der Waals surface area (Å²) in [6.45, 7) is 3.99. The van der Waals surface area contributed by atoms with Crippen LogP contribution < -0.4 is 0 Å². The Hall–Kier alpha value is -1.83. The minimum Gasteiger partial charge on any atom is -0.508 e. The van der Waals surface area contributed by atoms with E-state index in [-0.39, 0.29) is 24.9 Å². The van der Waals surface area contributed by atoms with Crippen molar-refractivity contribution in [2.45, 2.75) is 33.0 Å². The van der Waals surface area contributed by atoms with E-state index in [9.17, 15) is 13.5 Å². The molecule has 126 valence electrons. The van der Waals surface area contributed by atoms with Crippen LogP contribution in [0.25, 0.3) is 0 Å². The van der Waals surface area contributed by atoms with Gasteiger partial charge in [0.2, 0.25) is 0 Å². The van der Waals surface area contributed by atoms with Crippen LogP contribution in [0.15, 0.2) is 47.1 Å². The predicted molar refractivity (Wildman–Crippen MR) is 87.9 cm³/mol. The minimum absolute atomic E-state index is 0.146. The summed E-state index contributed by atoms with van der Waals surface area (Å²) in [5.41, 5.74) is 0.787. The maximum absolute atomic E-state index is 12.8. The molecule has 1 N–H and O–H groups in total. The van der Waals surface area contributed by atoms with Gasteiger partial charge in [-0.05, 0) is 43.7 Å². The average Bonchev–Trinajstić information content (AvgIpc) is 3.00. The van der Waals surface area contributed by atoms with Crippen molar-refractivity contribution >= 4 is 10.2 Å². The van der Waals surface area contributed by atoms with Crippen molar-refractivity contribution < 1.29 is 17.9 Å². The maximum atomic E-state index is 12.8. The summed E-state index contributed by atoms with van der Waals surface area (Å²) in [6, 6.07) is 9.81. The van der Waals surface area contributed by atoms with Crippen molar-refractivity contribution in [3.05, 3.63) is 54.0 Å². The van der Waals surface area contributed by atoms with Crippen LogP contribution in [0.4, 0.5) is 0 Å². The summed E-state index contributed by atoms with van der Waals surface area (Å²) in [5.74, 6) is 0.720. The highest BCUT2D eigenvalue weighted by atomic mass is 32.2. The Morgan fingerprint density at radius 1 is 1.13 bits per heavy atom. The van der Waals surface area contributed by atoms with E-state index in [1.54, 1.807) is 43.4 Å². The molecule has 0 amide bonds. The van der Waals surface area contributed by atoms with Crippen LogP contribution in [0, 0.1) is 0 Å². The van der Waals surface area contributed by atoms with Gasteiger partial charge in [-0.15, -0.1) is 0 Å². The van der Waals surface area contributed by atoms with E-state index in [0.717, 1.165) is 5.56 Å². The molecular formula is C16H22N2O4S. The summed E-state index contributed by atoms with van der Waals surface area (Å²) in [5, 5.41) is 9.36. The Balaban J connectivity index is 2.29. The van der Waals surface area contributed by atoms with Crippen molar-refractivity contribution in [2.75, 3.05) is 7.05 Å². The summed E-state index contributed by atoms with van der Waals surface area (Å²) >= 11 is 0. The van der Waals surface area contributed by atoms with Crippen molar-refractivity contribution in [2.24, 2.45) is 0 Å². The molecule has 1 aromatic carbocycles. The number of rotatable bonds is 7. The monoisotopic (exact) mass is 338 g/mol.